The first-order valence-corrected chi connectivity index (χ1v) is 13.1. The number of para-hydroxylation sites is 1. The van der Waals surface area contributed by atoms with Crippen LogP contribution in [0.25, 0.3) is 16.6 Å². The van der Waals surface area contributed by atoms with Gasteiger partial charge in [0.25, 0.3) is 17.4 Å². The number of hydrogen-bond acceptors (Lipinski definition) is 8. The van der Waals surface area contributed by atoms with Gasteiger partial charge >= 0.3 is 0 Å². The highest BCUT2D eigenvalue weighted by Crippen LogP contribution is 2.36. The van der Waals surface area contributed by atoms with Crippen molar-refractivity contribution in [2.24, 2.45) is 0 Å². The fraction of sp³-hybridized carbons (Fsp3) is 0.129. The van der Waals surface area contributed by atoms with E-state index in [0.717, 1.165) is 0 Å². The first-order valence-electron chi connectivity index (χ1n) is 13.1. The largest absolute Gasteiger partial charge is 0.493 e. The zero-order valence-electron chi connectivity index (χ0n) is 22.7. The number of hydrogen-bond donors (Lipinski definition) is 2. The Bertz CT molecular complexity index is 1890. The van der Waals surface area contributed by atoms with Gasteiger partial charge in [-0.3, -0.25) is 23.9 Å². The topological polar surface area (TPSA) is 134 Å². The minimum Gasteiger partial charge on any atom is -0.493 e. The molecule has 2 amide bonds. The molecule has 11 nitrogen and oxygen atoms in total. The fourth-order valence-corrected chi connectivity index (χ4v) is 4.86. The summed E-state index contributed by atoms with van der Waals surface area (Å²) >= 11 is 0. The zero-order chi connectivity index (χ0) is 29.2. The van der Waals surface area contributed by atoms with Gasteiger partial charge in [0, 0.05) is 42.0 Å². The predicted molar refractivity (Wildman–Crippen MR) is 155 cm³/mol. The lowest BCUT2D eigenvalue weighted by Crippen LogP contribution is -2.39. The van der Waals surface area contributed by atoms with E-state index in [2.05, 4.69) is 20.6 Å². The third-order valence-corrected chi connectivity index (χ3v) is 6.87. The molecule has 0 aliphatic carbocycles. The fourth-order valence-electron chi connectivity index (χ4n) is 4.86. The normalized spacial score (nSPS) is 12.3. The van der Waals surface area contributed by atoms with Crippen LogP contribution in [0.1, 0.15) is 26.4 Å². The number of carbonyl (C=O) groups excluding carboxylic acids is 2. The number of nitrogens with zero attached hydrogens (tertiary/aromatic N) is 3. The average molecular weight is 564 g/mol. The van der Waals surface area contributed by atoms with Gasteiger partial charge in [-0.2, -0.15) is 0 Å². The first-order chi connectivity index (χ1) is 20.5. The Morgan fingerprint density at radius 1 is 0.929 bits per heavy atom. The second-order valence-corrected chi connectivity index (χ2v) is 9.37. The van der Waals surface area contributed by atoms with Crippen LogP contribution < -0.4 is 30.4 Å². The van der Waals surface area contributed by atoms with Crippen LogP contribution in [-0.2, 0) is 6.42 Å². The smallest absolute Gasteiger partial charge is 0.268 e. The zero-order valence-corrected chi connectivity index (χ0v) is 22.7. The van der Waals surface area contributed by atoms with E-state index in [-0.39, 0.29) is 22.9 Å². The van der Waals surface area contributed by atoms with Gasteiger partial charge in [0.05, 0.1) is 31.5 Å². The number of fused-ring (bicyclic) bond motifs is 2. The van der Waals surface area contributed by atoms with Crippen LogP contribution in [0.5, 0.6) is 23.0 Å². The summed E-state index contributed by atoms with van der Waals surface area (Å²) in [7, 11) is 3.10. The number of aromatic nitrogens is 3. The molecule has 0 spiro atoms. The molecule has 11 heteroatoms. The van der Waals surface area contributed by atoms with E-state index in [0.29, 0.717) is 58.2 Å². The molecule has 0 bridgehead atoms. The monoisotopic (exact) mass is 563 g/mol. The molecule has 2 aromatic carbocycles. The van der Waals surface area contributed by atoms with Crippen molar-refractivity contribution in [3.63, 3.8) is 0 Å². The second-order valence-electron chi connectivity index (χ2n) is 9.37. The van der Waals surface area contributed by atoms with Gasteiger partial charge in [-0.1, -0.05) is 18.2 Å². The molecule has 0 radical (unpaired) electrons. The SMILES string of the molecule is COc1cc2nccc(Oc3ccc(NC(=O)c4cc5c(n(-c6ccccc6)c4=O)CCNC5=O)nc3)c2cc1OC. The van der Waals surface area contributed by atoms with Crippen molar-refractivity contribution in [2.75, 3.05) is 26.1 Å². The molecule has 1 aliphatic heterocycles. The third-order valence-electron chi connectivity index (χ3n) is 6.87. The first kappa shape index (κ1) is 26.5. The average Bonchev–Trinajstić information content (AvgIpc) is 3.01. The van der Waals surface area contributed by atoms with E-state index in [4.69, 9.17) is 14.2 Å². The summed E-state index contributed by atoms with van der Waals surface area (Å²) in [4.78, 5) is 48.1. The summed E-state index contributed by atoms with van der Waals surface area (Å²) in [5.74, 6) is 1.19. The Morgan fingerprint density at radius 2 is 1.71 bits per heavy atom. The number of amides is 2. The Balaban J connectivity index is 1.27. The molecule has 3 aromatic heterocycles. The second kappa shape index (κ2) is 11.0. The standard InChI is InChI=1S/C31H25N5O6/c1-40-26-15-20-23(16-27(26)41-2)32-13-11-25(20)42-19-8-9-28(34-17-19)35-30(38)22-14-21-24(10-12-33-29(21)37)36(31(22)39)18-6-4-3-5-7-18/h3-9,11,13-17H,10,12H2,1-2H3,(H,33,37)(H,34,35,38). The van der Waals surface area contributed by atoms with Gasteiger partial charge in [-0.25, -0.2) is 4.98 Å². The van der Waals surface area contributed by atoms with Gasteiger partial charge in [-0.15, -0.1) is 0 Å². The van der Waals surface area contributed by atoms with E-state index < -0.39 is 11.5 Å². The van der Waals surface area contributed by atoms with Crippen molar-refractivity contribution in [1.29, 1.82) is 0 Å². The molecule has 2 N–H and O–H groups in total. The Hall–Kier alpha value is -5.71. The van der Waals surface area contributed by atoms with Crippen LogP contribution >= 0.6 is 0 Å². The highest BCUT2D eigenvalue weighted by molar-refractivity contribution is 6.06. The van der Waals surface area contributed by atoms with Gasteiger partial charge in [0.1, 0.15) is 22.9 Å². The highest BCUT2D eigenvalue weighted by Gasteiger charge is 2.26. The third kappa shape index (κ3) is 4.87. The molecule has 0 fully saturated rings. The lowest BCUT2D eigenvalue weighted by molar-refractivity contribution is 0.0944. The van der Waals surface area contributed by atoms with Crippen LogP contribution in [-0.4, -0.2) is 47.1 Å². The number of anilines is 1. The summed E-state index contributed by atoms with van der Waals surface area (Å²) in [5.41, 5.74) is 1.37. The van der Waals surface area contributed by atoms with E-state index in [1.165, 1.54) is 16.8 Å². The van der Waals surface area contributed by atoms with Crippen molar-refractivity contribution in [3.05, 3.63) is 106 Å². The van der Waals surface area contributed by atoms with Crippen molar-refractivity contribution in [2.45, 2.75) is 6.42 Å². The molecule has 5 aromatic rings. The Kier molecular flexibility index (Phi) is 6.97. The molecule has 0 saturated carbocycles. The van der Waals surface area contributed by atoms with E-state index >= 15 is 0 Å². The molecular formula is C31H25N5O6. The van der Waals surface area contributed by atoms with Crippen LogP contribution in [0, 0.1) is 0 Å². The van der Waals surface area contributed by atoms with Crippen molar-refractivity contribution < 1.29 is 23.8 Å². The lowest BCUT2D eigenvalue weighted by Gasteiger charge is -2.22. The van der Waals surface area contributed by atoms with Crippen LogP contribution in [0.3, 0.4) is 0 Å². The molecule has 1 aliphatic rings. The number of carbonyl (C=O) groups is 2. The summed E-state index contributed by atoms with van der Waals surface area (Å²) in [5, 5.41) is 6.14. The van der Waals surface area contributed by atoms with E-state index in [1.54, 1.807) is 75.0 Å². The molecule has 0 saturated heterocycles. The summed E-state index contributed by atoms with van der Waals surface area (Å²) in [6.07, 6.45) is 3.53. The Labute approximate surface area is 239 Å². The van der Waals surface area contributed by atoms with Crippen LogP contribution in [0.2, 0.25) is 0 Å². The van der Waals surface area contributed by atoms with Crippen molar-refractivity contribution >= 4 is 28.5 Å². The van der Waals surface area contributed by atoms with Crippen LogP contribution in [0.4, 0.5) is 5.82 Å². The lowest BCUT2D eigenvalue weighted by atomic mass is 10.0. The molecular weight excluding hydrogens is 538 g/mol. The quantitative estimate of drug-likeness (QED) is 0.302. The summed E-state index contributed by atoms with van der Waals surface area (Å²) < 4.78 is 18.3. The number of pyridine rings is 3. The minimum absolute atomic E-state index is 0.176. The van der Waals surface area contributed by atoms with E-state index in [1.807, 2.05) is 6.07 Å². The molecule has 6 rings (SSSR count). The van der Waals surface area contributed by atoms with Crippen molar-refractivity contribution in [3.8, 4) is 28.7 Å². The number of benzene rings is 2. The highest BCUT2D eigenvalue weighted by atomic mass is 16.5. The van der Waals surface area contributed by atoms with Gasteiger partial charge in [0.15, 0.2) is 11.5 Å². The van der Waals surface area contributed by atoms with Crippen molar-refractivity contribution in [1.82, 2.24) is 19.9 Å². The number of rotatable bonds is 7. The number of nitrogens with one attached hydrogen (secondary N) is 2. The Morgan fingerprint density at radius 3 is 2.45 bits per heavy atom. The maximum Gasteiger partial charge on any atom is 0.268 e. The number of ether oxygens (including phenoxy) is 3. The molecule has 210 valence electrons. The molecule has 0 atom stereocenters. The van der Waals surface area contributed by atoms with Gasteiger partial charge in [0.2, 0.25) is 0 Å². The predicted octanol–water partition coefficient (Wildman–Crippen LogP) is 4.13. The van der Waals surface area contributed by atoms with Gasteiger partial charge < -0.3 is 24.8 Å². The maximum atomic E-state index is 13.5. The molecule has 0 unspecified atom stereocenters. The molecule has 4 heterocycles. The van der Waals surface area contributed by atoms with Gasteiger partial charge in [-0.05, 0) is 42.5 Å². The van der Waals surface area contributed by atoms with Crippen LogP contribution in [0.15, 0.2) is 83.9 Å². The summed E-state index contributed by atoms with van der Waals surface area (Å²) in [6, 6.07) is 18.7. The molecule has 42 heavy (non-hydrogen) atoms. The summed E-state index contributed by atoms with van der Waals surface area (Å²) in [6.45, 7) is 0.402. The maximum absolute atomic E-state index is 13.5. The number of methoxy groups -OCH3 is 2. The van der Waals surface area contributed by atoms with E-state index in [9.17, 15) is 14.4 Å². The minimum atomic E-state index is -0.687.